The van der Waals surface area contributed by atoms with E-state index in [4.69, 9.17) is 0 Å². The lowest BCUT2D eigenvalue weighted by molar-refractivity contribution is -0.116. The number of fused-ring (bicyclic) bond motifs is 1. The van der Waals surface area contributed by atoms with Crippen LogP contribution in [0.3, 0.4) is 0 Å². The van der Waals surface area contributed by atoms with Crippen LogP contribution < -0.4 is 16.0 Å². The number of carbonyl (C=O) groups excluding carboxylic acids is 4. The van der Waals surface area contributed by atoms with Crippen molar-refractivity contribution in [1.82, 2.24) is 9.62 Å². The Hall–Kier alpha value is -3.57. The number of amides is 4. The predicted octanol–water partition coefficient (Wildman–Crippen LogP) is 1.18. The number of likely N-dealkylation sites (N-methyl/N-ethyl adjacent to an activating group) is 1. The van der Waals surface area contributed by atoms with Crippen LogP contribution in [0.4, 0.5) is 11.4 Å². The van der Waals surface area contributed by atoms with Gasteiger partial charge in [-0.1, -0.05) is 6.92 Å². The minimum Gasteiger partial charge on any atom is -0.326 e. The molecule has 0 unspecified atom stereocenters. The molecule has 0 radical (unpaired) electrons. The van der Waals surface area contributed by atoms with Crippen LogP contribution in [0.1, 0.15) is 34.6 Å². The molecular formula is C20H20N4O6S. The van der Waals surface area contributed by atoms with Crippen molar-refractivity contribution >= 4 is 45.0 Å². The highest BCUT2D eigenvalue weighted by atomic mass is 32.2. The van der Waals surface area contributed by atoms with Crippen LogP contribution in [-0.4, -0.2) is 49.4 Å². The molecule has 2 aromatic carbocycles. The summed E-state index contributed by atoms with van der Waals surface area (Å²) in [5.74, 6) is -2.04. The highest BCUT2D eigenvalue weighted by molar-refractivity contribution is 7.89. The number of hydrogen-bond donors (Lipinski definition) is 3. The first kappa shape index (κ1) is 22.1. The van der Waals surface area contributed by atoms with Crippen molar-refractivity contribution in [3.8, 4) is 0 Å². The van der Waals surface area contributed by atoms with Gasteiger partial charge in [-0.15, -0.1) is 0 Å². The molecule has 1 aliphatic heterocycles. The number of rotatable bonds is 7. The molecule has 1 heterocycles. The number of imide groups is 1. The first-order valence-electron chi connectivity index (χ1n) is 9.29. The van der Waals surface area contributed by atoms with E-state index < -0.39 is 34.3 Å². The van der Waals surface area contributed by atoms with Crippen molar-refractivity contribution in [3.05, 3.63) is 53.6 Å². The summed E-state index contributed by atoms with van der Waals surface area (Å²) in [6.07, 6.45) is 0. The normalized spacial score (nSPS) is 13.0. The van der Waals surface area contributed by atoms with Crippen molar-refractivity contribution in [3.63, 3.8) is 0 Å². The summed E-state index contributed by atoms with van der Waals surface area (Å²) < 4.78 is 26.9. The summed E-state index contributed by atoms with van der Waals surface area (Å²) in [6.45, 7) is 2.52. The van der Waals surface area contributed by atoms with Crippen molar-refractivity contribution < 1.29 is 27.6 Å². The second kappa shape index (κ2) is 8.66. The van der Waals surface area contributed by atoms with Crippen LogP contribution in [0, 0.1) is 0 Å². The maximum Gasteiger partial charge on any atom is 0.258 e. The summed E-state index contributed by atoms with van der Waals surface area (Å²) in [4.78, 5) is 46.8. The van der Waals surface area contributed by atoms with Gasteiger partial charge in [-0.2, -0.15) is 4.31 Å². The summed E-state index contributed by atoms with van der Waals surface area (Å²) in [6, 6.07) is 9.98. The minimum absolute atomic E-state index is 0.0133. The molecule has 0 spiro atoms. The fourth-order valence-corrected chi connectivity index (χ4v) is 4.46. The van der Waals surface area contributed by atoms with Crippen LogP contribution in [0.5, 0.6) is 0 Å². The van der Waals surface area contributed by atoms with Gasteiger partial charge in [0.1, 0.15) is 0 Å². The van der Waals surface area contributed by atoms with E-state index in [1.165, 1.54) is 19.1 Å². The zero-order valence-corrected chi connectivity index (χ0v) is 17.6. The number of sulfonamides is 1. The Kier molecular flexibility index (Phi) is 6.18. The zero-order valence-electron chi connectivity index (χ0n) is 16.8. The first-order chi connectivity index (χ1) is 14.6. The van der Waals surface area contributed by atoms with Crippen LogP contribution >= 0.6 is 0 Å². The minimum atomic E-state index is -4.09. The van der Waals surface area contributed by atoms with Gasteiger partial charge in [-0.3, -0.25) is 24.5 Å². The van der Waals surface area contributed by atoms with Gasteiger partial charge in [-0.05, 0) is 42.5 Å². The van der Waals surface area contributed by atoms with E-state index in [1.54, 1.807) is 31.2 Å². The lowest BCUT2D eigenvalue weighted by Gasteiger charge is -2.20. The third-order valence-electron chi connectivity index (χ3n) is 4.51. The maximum absolute atomic E-state index is 13.0. The van der Waals surface area contributed by atoms with Gasteiger partial charge in [-0.25, -0.2) is 8.42 Å². The molecule has 0 aromatic heterocycles. The Morgan fingerprint density at radius 2 is 1.52 bits per heavy atom. The Morgan fingerprint density at radius 3 is 2.10 bits per heavy atom. The molecule has 10 nitrogen and oxygen atoms in total. The first-order valence-corrected chi connectivity index (χ1v) is 10.7. The van der Waals surface area contributed by atoms with Gasteiger partial charge in [0.25, 0.3) is 11.8 Å². The quantitative estimate of drug-likeness (QED) is 0.548. The predicted molar refractivity (Wildman–Crippen MR) is 112 cm³/mol. The molecule has 3 rings (SSSR count). The smallest absolute Gasteiger partial charge is 0.258 e. The largest absolute Gasteiger partial charge is 0.326 e. The molecule has 2 aromatic rings. The molecular weight excluding hydrogens is 424 g/mol. The molecule has 0 saturated carbocycles. The topological polar surface area (TPSA) is 142 Å². The summed E-state index contributed by atoms with van der Waals surface area (Å²) in [5.41, 5.74) is 1.07. The highest BCUT2D eigenvalue weighted by Gasteiger charge is 2.31. The molecule has 0 fully saturated rings. The lowest BCUT2D eigenvalue weighted by Crippen LogP contribution is -2.37. The maximum atomic E-state index is 13.0. The molecule has 0 atom stereocenters. The van der Waals surface area contributed by atoms with E-state index in [0.717, 1.165) is 10.4 Å². The van der Waals surface area contributed by atoms with Gasteiger partial charge in [0, 0.05) is 24.8 Å². The monoisotopic (exact) mass is 444 g/mol. The Morgan fingerprint density at radius 1 is 0.935 bits per heavy atom. The van der Waals surface area contributed by atoms with Crippen LogP contribution in [-0.2, 0) is 19.6 Å². The molecule has 11 heteroatoms. The molecule has 0 saturated heterocycles. The average molecular weight is 444 g/mol. The lowest BCUT2D eigenvalue weighted by atomic mass is 10.1. The molecule has 162 valence electrons. The van der Waals surface area contributed by atoms with Gasteiger partial charge < -0.3 is 10.6 Å². The van der Waals surface area contributed by atoms with E-state index >= 15 is 0 Å². The van der Waals surface area contributed by atoms with E-state index in [-0.39, 0.29) is 28.5 Å². The number of anilines is 2. The van der Waals surface area contributed by atoms with Crippen molar-refractivity contribution in [2.45, 2.75) is 18.7 Å². The van der Waals surface area contributed by atoms with Crippen LogP contribution in [0.2, 0.25) is 0 Å². The van der Waals surface area contributed by atoms with E-state index in [0.29, 0.717) is 11.4 Å². The molecule has 3 N–H and O–H groups in total. The fourth-order valence-electron chi connectivity index (χ4n) is 3.02. The zero-order chi connectivity index (χ0) is 22.8. The van der Waals surface area contributed by atoms with Gasteiger partial charge in [0.15, 0.2) is 0 Å². The summed E-state index contributed by atoms with van der Waals surface area (Å²) in [7, 11) is -4.09. The number of nitrogens with one attached hydrogen (secondary N) is 3. The summed E-state index contributed by atoms with van der Waals surface area (Å²) in [5, 5.41) is 7.30. The van der Waals surface area contributed by atoms with E-state index in [9.17, 15) is 27.6 Å². The molecule has 31 heavy (non-hydrogen) atoms. The molecule has 0 bridgehead atoms. The number of hydrogen-bond acceptors (Lipinski definition) is 6. The number of carbonyl (C=O) groups is 4. The molecule has 0 aliphatic carbocycles. The van der Waals surface area contributed by atoms with Crippen molar-refractivity contribution in [2.24, 2.45) is 0 Å². The molecule has 4 amide bonds. The van der Waals surface area contributed by atoms with E-state index in [2.05, 4.69) is 16.0 Å². The number of benzene rings is 2. The summed E-state index contributed by atoms with van der Waals surface area (Å²) >= 11 is 0. The second-order valence-corrected chi connectivity index (χ2v) is 8.67. The van der Waals surface area contributed by atoms with Crippen molar-refractivity contribution in [1.29, 1.82) is 0 Å². The van der Waals surface area contributed by atoms with Gasteiger partial charge in [0.05, 0.1) is 22.6 Å². The third kappa shape index (κ3) is 4.78. The Balaban J connectivity index is 1.73. The van der Waals surface area contributed by atoms with Crippen LogP contribution in [0.15, 0.2) is 47.4 Å². The van der Waals surface area contributed by atoms with E-state index in [1.807, 2.05) is 0 Å². The van der Waals surface area contributed by atoms with Crippen molar-refractivity contribution in [2.75, 3.05) is 23.7 Å². The highest BCUT2D eigenvalue weighted by Crippen LogP contribution is 2.23. The SMILES string of the molecule is CCN(CC(=O)Nc1ccc(NC(C)=O)cc1)S(=O)(=O)c1ccc2c(c1)C(=O)NC2=O. The van der Waals surface area contributed by atoms with Gasteiger partial charge >= 0.3 is 0 Å². The third-order valence-corrected chi connectivity index (χ3v) is 6.42. The fraction of sp³-hybridized carbons (Fsp3) is 0.200. The average Bonchev–Trinajstić information content (AvgIpc) is 3.00. The van der Waals surface area contributed by atoms with Gasteiger partial charge in [0.2, 0.25) is 21.8 Å². The number of nitrogens with zero attached hydrogens (tertiary/aromatic N) is 1. The Bertz CT molecular complexity index is 1170. The second-order valence-electron chi connectivity index (χ2n) is 6.73. The Labute approximate surface area is 178 Å². The standard InChI is InChI=1S/C20H20N4O6S/c1-3-24(11-18(26)22-14-6-4-13(5-7-14)21-12(2)25)31(29,30)15-8-9-16-17(10-15)20(28)23-19(16)27/h4-10H,3,11H2,1-2H3,(H,21,25)(H,22,26)(H,23,27,28). The van der Waals surface area contributed by atoms with Crippen LogP contribution in [0.25, 0.3) is 0 Å². The molecule has 1 aliphatic rings.